The number of anilines is 1. The minimum absolute atomic E-state index is 0.0383. The summed E-state index contributed by atoms with van der Waals surface area (Å²) in [4.78, 5) is 16.7. The largest absolute Gasteiger partial charge is 0.320 e. The number of carbonyl (C=O) groups is 1. The maximum absolute atomic E-state index is 12.6. The van der Waals surface area contributed by atoms with Gasteiger partial charge in [-0.3, -0.25) is 9.78 Å². The first-order valence-electron chi connectivity index (χ1n) is 7.56. The third-order valence-corrected chi connectivity index (χ3v) is 5.83. The average Bonchev–Trinajstić information content (AvgIpc) is 2.98. The molecule has 1 aromatic carbocycles. The maximum atomic E-state index is 12.6. The molecule has 0 saturated carbocycles. The van der Waals surface area contributed by atoms with Gasteiger partial charge in [0.05, 0.1) is 22.0 Å². The number of carbonyl (C=O) groups excluding carboxylic acids is 1. The average molecular weight is 390 g/mol. The number of rotatable bonds is 2. The van der Waals surface area contributed by atoms with Gasteiger partial charge in [0.25, 0.3) is 5.91 Å². The van der Waals surface area contributed by atoms with Crippen LogP contribution in [-0.2, 0) is 15.6 Å². The summed E-state index contributed by atoms with van der Waals surface area (Å²) in [5.74, 6) is -0.921. The Bertz CT molecular complexity index is 1160. The van der Waals surface area contributed by atoms with Crippen LogP contribution >= 0.6 is 11.6 Å². The molecular weight excluding hydrogens is 378 g/mol. The summed E-state index contributed by atoms with van der Waals surface area (Å²) in [6.07, 6.45) is 1.57. The lowest BCUT2D eigenvalue weighted by Crippen LogP contribution is -2.22. The van der Waals surface area contributed by atoms with Crippen LogP contribution in [0.1, 0.15) is 21.9 Å². The SMILES string of the molecule is Cc1cc(NC(=O)c2nnn3c2CS(=O)(=O)c2cc(Cl)ccc2-3)ccn1. The Morgan fingerprint density at radius 3 is 2.85 bits per heavy atom. The zero-order chi connectivity index (χ0) is 18.5. The van der Waals surface area contributed by atoms with Crippen LogP contribution in [0.4, 0.5) is 5.69 Å². The number of amides is 1. The molecule has 0 fully saturated rings. The molecule has 0 saturated heterocycles. The van der Waals surface area contributed by atoms with E-state index in [1.54, 1.807) is 37.4 Å². The fraction of sp³-hybridized carbons (Fsp3) is 0.125. The number of pyridine rings is 1. The summed E-state index contributed by atoms with van der Waals surface area (Å²) in [7, 11) is -3.66. The molecule has 10 heteroatoms. The van der Waals surface area contributed by atoms with Crippen LogP contribution in [0.25, 0.3) is 5.69 Å². The lowest BCUT2D eigenvalue weighted by atomic mass is 10.2. The van der Waals surface area contributed by atoms with E-state index in [1.807, 2.05) is 0 Å². The number of nitrogens with one attached hydrogen (secondary N) is 1. The summed E-state index contributed by atoms with van der Waals surface area (Å²) >= 11 is 5.91. The fourth-order valence-corrected chi connectivity index (χ4v) is 4.58. The predicted molar refractivity (Wildman–Crippen MR) is 94.2 cm³/mol. The van der Waals surface area contributed by atoms with E-state index < -0.39 is 15.7 Å². The molecule has 26 heavy (non-hydrogen) atoms. The van der Waals surface area contributed by atoms with Crippen molar-refractivity contribution < 1.29 is 13.2 Å². The van der Waals surface area contributed by atoms with Crippen LogP contribution in [0, 0.1) is 6.92 Å². The smallest absolute Gasteiger partial charge is 0.278 e. The quantitative estimate of drug-likeness (QED) is 0.719. The first-order chi connectivity index (χ1) is 12.3. The third-order valence-electron chi connectivity index (χ3n) is 3.94. The van der Waals surface area contributed by atoms with Crippen molar-refractivity contribution in [2.24, 2.45) is 0 Å². The van der Waals surface area contributed by atoms with E-state index >= 15 is 0 Å². The van der Waals surface area contributed by atoms with E-state index in [0.29, 0.717) is 16.4 Å². The van der Waals surface area contributed by atoms with Crippen molar-refractivity contribution in [3.8, 4) is 5.69 Å². The summed E-state index contributed by atoms with van der Waals surface area (Å²) in [5.41, 5.74) is 1.77. The van der Waals surface area contributed by atoms with E-state index in [-0.39, 0.29) is 22.0 Å². The zero-order valence-corrected chi connectivity index (χ0v) is 15.0. The molecule has 0 bridgehead atoms. The molecule has 1 amide bonds. The van der Waals surface area contributed by atoms with Gasteiger partial charge in [0.2, 0.25) is 0 Å². The Morgan fingerprint density at radius 1 is 1.27 bits per heavy atom. The van der Waals surface area contributed by atoms with Gasteiger partial charge >= 0.3 is 0 Å². The number of fused-ring (bicyclic) bond motifs is 3. The van der Waals surface area contributed by atoms with Gasteiger partial charge in [0.15, 0.2) is 15.5 Å². The highest BCUT2D eigenvalue weighted by Gasteiger charge is 2.34. The number of hydrogen-bond donors (Lipinski definition) is 1. The van der Waals surface area contributed by atoms with Crippen molar-refractivity contribution in [2.75, 3.05) is 5.32 Å². The number of nitrogens with zero attached hydrogens (tertiary/aromatic N) is 4. The van der Waals surface area contributed by atoms with Gasteiger partial charge in [-0.15, -0.1) is 5.10 Å². The van der Waals surface area contributed by atoms with Crippen molar-refractivity contribution >= 4 is 33.0 Å². The summed E-state index contributed by atoms with van der Waals surface area (Å²) in [5, 5.41) is 10.8. The van der Waals surface area contributed by atoms with Gasteiger partial charge in [0, 0.05) is 22.6 Å². The summed E-state index contributed by atoms with van der Waals surface area (Å²) < 4.78 is 26.6. The molecular formula is C16H12ClN5O3S. The molecule has 3 heterocycles. The molecule has 0 radical (unpaired) electrons. The molecule has 1 N–H and O–H groups in total. The van der Waals surface area contributed by atoms with Crippen molar-refractivity contribution in [1.29, 1.82) is 0 Å². The third kappa shape index (κ3) is 2.74. The van der Waals surface area contributed by atoms with Crippen LogP contribution in [-0.4, -0.2) is 34.3 Å². The molecule has 0 unspecified atom stereocenters. The lowest BCUT2D eigenvalue weighted by molar-refractivity contribution is 0.102. The van der Waals surface area contributed by atoms with Crippen LogP contribution < -0.4 is 5.32 Å². The molecule has 0 atom stereocenters. The van der Waals surface area contributed by atoms with Crippen molar-refractivity contribution in [3.05, 3.63) is 58.6 Å². The van der Waals surface area contributed by atoms with Gasteiger partial charge in [-0.2, -0.15) is 0 Å². The Hall–Kier alpha value is -2.78. The molecule has 1 aliphatic rings. The van der Waals surface area contributed by atoms with Gasteiger partial charge in [-0.05, 0) is 37.3 Å². The van der Waals surface area contributed by atoms with Crippen molar-refractivity contribution in [2.45, 2.75) is 17.6 Å². The van der Waals surface area contributed by atoms with Crippen molar-refractivity contribution in [3.63, 3.8) is 0 Å². The monoisotopic (exact) mass is 389 g/mol. The van der Waals surface area contributed by atoms with Crippen LogP contribution in [0.15, 0.2) is 41.4 Å². The van der Waals surface area contributed by atoms with E-state index in [1.165, 1.54) is 10.7 Å². The highest BCUT2D eigenvalue weighted by atomic mass is 35.5. The predicted octanol–water partition coefficient (Wildman–Crippen LogP) is 2.16. The van der Waals surface area contributed by atoms with Crippen LogP contribution in [0.2, 0.25) is 5.02 Å². The fourth-order valence-electron chi connectivity index (χ4n) is 2.78. The van der Waals surface area contributed by atoms with Crippen molar-refractivity contribution in [1.82, 2.24) is 20.0 Å². The number of benzene rings is 1. The normalized spacial score (nSPS) is 14.4. The standard InChI is InChI=1S/C16H12ClN5O3S/c1-9-6-11(4-5-18-9)19-16(23)15-13-8-26(24,25)14-7-10(17)2-3-12(14)22(13)21-20-15/h2-7H,8H2,1H3,(H,18,19,23). The van der Waals surface area contributed by atoms with E-state index in [9.17, 15) is 13.2 Å². The molecule has 132 valence electrons. The Kier molecular flexibility index (Phi) is 3.78. The highest BCUT2D eigenvalue weighted by Crippen LogP contribution is 2.32. The Morgan fingerprint density at radius 2 is 2.08 bits per heavy atom. The van der Waals surface area contributed by atoms with Crippen LogP contribution in [0.3, 0.4) is 0 Å². The number of aryl methyl sites for hydroxylation is 1. The van der Waals surface area contributed by atoms with Gasteiger partial charge in [-0.25, -0.2) is 13.1 Å². The zero-order valence-electron chi connectivity index (χ0n) is 13.5. The van der Waals surface area contributed by atoms with Gasteiger partial charge < -0.3 is 5.32 Å². The Labute approximate surface area is 153 Å². The maximum Gasteiger partial charge on any atom is 0.278 e. The minimum Gasteiger partial charge on any atom is -0.320 e. The van der Waals surface area contributed by atoms with Gasteiger partial charge in [-0.1, -0.05) is 16.8 Å². The number of halogens is 1. The first kappa shape index (κ1) is 16.7. The van der Waals surface area contributed by atoms with E-state index in [0.717, 1.165) is 5.69 Å². The van der Waals surface area contributed by atoms with Crippen LogP contribution in [0.5, 0.6) is 0 Å². The van der Waals surface area contributed by atoms with E-state index in [2.05, 4.69) is 20.6 Å². The minimum atomic E-state index is -3.66. The molecule has 0 aliphatic carbocycles. The molecule has 8 nitrogen and oxygen atoms in total. The highest BCUT2D eigenvalue weighted by molar-refractivity contribution is 7.90. The lowest BCUT2D eigenvalue weighted by Gasteiger charge is -2.18. The topological polar surface area (TPSA) is 107 Å². The second-order valence-electron chi connectivity index (χ2n) is 5.81. The molecule has 4 rings (SSSR count). The molecule has 2 aromatic heterocycles. The number of hydrogen-bond acceptors (Lipinski definition) is 6. The Balaban J connectivity index is 1.77. The van der Waals surface area contributed by atoms with Gasteiger partial charge in [0.1, 0.15) is 0 Å². The first-order valence-corrected chi connectivity index (χ1v) is 9.59. The summed E-state index contributed by atoms with van der Waals surface area (Å²) in [6.45, 7) is 1.80. The molecule has 0 spiro atoms. The summed E-state index contributed by atoms with van der Waals surface area (Å²) in [6, 6.07) is 7.81. The molecule has 3 aromatic rings. The number of aromatic nitrogens is 4. The second kappa shape index (κ2) is 5.89. The molecule has 1 aliphatic heterocycles. The second-order valence-corrected chi connectivity index (χ2v) is 8.20. The number of sulfone groups is 1. The van der Waals surface area contributed by atoms with E-state index in [4.69, 9.17) is 11.6 Å².